The average molecular weight is 320 g/mol. The molecule has 0 bridgehead atoms. The zero-order valence-corrected chi connectivity index (χ0v) is 14.5. The van der Waals surface area contributed by atoms with Crippen LogP contribution in [-0.2, 0) is 0 Å². The molecule has 2 N–H and O–H groups in total. The number of pyridine rings is 1. The van der Waals surface area contributed by atoms with Crippen molar-refractivity contribution in [1.82, 2.24) is 10.3 Å². The van der Waals surface area contributed by atoms with Crippen LogP contribution in [0.2, 0.25) is 0 Å². The number of piperidine rings is 1. The summed E-state index contributed by atoms with van der Waals surface area (Å²) in [5.41, 5.74) is 0.747. The summed E-state index contributed by atoms with van der Waals surface area (Å²) in [5.74, 6) is 1.44. The molecular formula is C17H28N4O2. The lowest BCUT2D eigenvalue weighted by molar-refractivity contribution is 0.174. The molecule has 1 saturated heterocycles. The highest BCUT2D eigenvalue weighted by Crippen LogP contribution is 2.28. The topological polar surface area (TPSA) is 68.7 Å². The monoisotopic (exact) mass is 320 g/mol. The molecule has 23 heavy (non-hydrogen) atoms. The molecule has 128 valence electrons. The van der Waals surface area contributed by atoms with Gasteiger partial charge in [0.15, 0.2) is 0 Å². The number of hydrogen-bond donors (Lipinski definition) is 2. The van der Waals surface area contributed by atoms with E-state index in [9.17, 15) is 4.79 Å². The largest absolute Gasteiger partial charge is 0.465 e. The third-order valence-corrected chi connectivity index (χ3v) is 4.32. The number of nitrogens with one attached hydrogen (secondary N) is 1. The van der Waals surface area contributed by atoms with Gasteiger partial charge >= 0.3 is 6.09 Å². The smallest absolute Gasteiger partial charge is 0.405 e. The second-order valence-corrected chi connectivity index (χ2v) is 7.24. The lowest BCUT2D eigenvalue weighted by Crippen LogP contribution is -2.46. The first-order valence-electron chi connectivity index (χ1n) is 8.16. The minimum Gasteiger partial charge on any atom is -0.465 e. The Morgan fingerprint density at radius 1 is 1.48 bits per heavy atom. The molecule has 0 aliphatic carbocycles. The summed E-state index contributed by atoms with van der Waals surface area (Å²) in [5, 5.41) is 11.6. The van der Waals surface area contributed by atoms with Gasteiger partial charge < -0.3 is 20.2 Å². The van der Waals surface area contributed by atoms with Gasteiger partial charge in [-0.1, -0.05) is 0 Å². The lowest BCUT2D eigenvalue weighted by Gasteiger charge is -2.38. The molecule has 1 aromatic heterocycles. The van der Waals surface area contributed by atoms with Crippen molar-refractivity contribution in [2.45, 2.75) is 38.6 Å². The van der Waals surface area contributed by atoms with Gasteiger partial charge in [0.2, 0.25) is 0 Å². The SMILES string of the molecule is CN(C)c1ccc(N2CCC[C@@H](CC(C)(C)NC(=O)O)C2)cn1. The summed E-state index contributed by atoms with van der Waals surface area (Å²) in [4.78, 5) is 19.7. The summed E-state index contributed by atoms with van der Waals surface area (Å²) in [7, 11) is 3.97. The number of nitrogens with zero attached hydrogens (tertiary/aromatic N) is 3. The van der Waals surface area contributed by atoms with Gasteiger partial charge in [0.05, 0.1) is 11.9 Å². The fourth-order valence-electron chi connectivity index (χ4n) is 3.36. The molecule has 6 nitrogen and oxygen atoms in total. The Labute approximate surface area is 138 Å². The third kappa shape index (κ3) is 5.01. The van der Waals surface area contributed by atoms with E-state index in [0.717, 1.165) is 43.9 Å². The highest BCUT2D eigenvalue weighted by Gasteiger charge is 2.28. The van der Waals surface area contributed by atoms with Gasteiger partial charge in [-0.3, -0.25) is 0 Å². The summed E-state index contributed by atoms with van der Waals surface area (Å²) in [6.07, 6.45) is 4.09. The first-order valence-corrected chi connectivity index (χ1v) is 8.16. The van der Waals surface area contributed by atoms with E-state index in [1.54, 1.807) is 0 Å². The van der Waals surface area contributed by atoms with Crippen LogP contribution < -0.4 is 15.1 Å². The molecule has 2 rings (SSSR count). The number of carboxylic acid groups (broad SMARTS) is 1. The van der Waals surface area contributed by atoms with Gasteiger partial charge in [0.25, 0.3) is 0 Å². The summed E-state index contributed by atoms with van der Waals surface area (Å²) < 4.78 is 0. The zero-order valence-electron chi connectivity index (χ0n) is 14.5. The van der Waals surface area contributed by atoms with Crippen LogP contribution in [0.4, 0.5) is 16.3 Å². The van der Waals surface area contributed by atoms with Crippen LogP contribution in [0.15, 0.2) is 18.3 Å². The maximum Gasteiger partial charge on any atom is 0.405 e. The van der Waals surface area contributed by atoms with E-state index in [1.165, 1.54) is 0 Å². The molecule has 1 fully saturated rings. The Morgan fingerprint density at radius 3 is 2.78 bits per heavy atom. The maximum absolute atomic E-state index is 10.9. The highest BCUT2D eigenvalue weighted by atomic mass is 16.4. The summed E-state index contributed by atoms with van der Waals surface area (Å²) in [6.45, 7) is 5.89. The fraction of sp³-hybridized carbons (Fsp3) is 0.647. The molecule has 0 spiro atoms. The van der Waals surface area contributed by atoms with Crippen molar-refractivity contribution in [3.8, 4) is 0 Å². The summed E-state index contributed by atoms with van der Waals surface area (Å²) >= 11 is 0. The first kappa shape index (κ1) is 17.4. The van der Waals surface area contributed by atoms with Crippen molar-refractivity contribution in [3.05, 3.63) is 18.3 Å². The van der Waals surface area contributed by atoms with E-state index < -0.39 is 11.6 Å². The van der Waals surface area contributed by atoms with Gasteiger partial charge in [0, 0.05) is 32.7 Å². The second kappa shape index (κ2) is 7.06. The van der Waals surface area contributed by atoms with E-state index in [4.69, 9.17) is 5.11 Å². The van der Waals surface area contributed by atoms with Gasteiger partial charge in [-0.2, -0.15) is 0 Å². The quantitative estimate of drug-likeness (QED) is 0.873. The van der Waals surface area contributed by atoms with E-state index >= 15 is 0 Å². The second-order valence-electron chi connectivity index (χ2n) is 7.24. The van der Waals surface area contributed by atoms with Crippen LogP contribution in [0.5, 0.6) is 0 Å². The van der Waals surface area contributed by atoms with Crippen molar-refractivity contribution >= 4 is 17.6 Å². The highest BCUT2D eigenvalue weighted by molar-refractivity contribution is 5.65. The summed E-state index contributed by atoms with van der Waals surface area (Å²) in [6, 6.07) is 4.15. The fourth-order valence-corrected chi connectivity index (χ4v) is 3.36. The van der Waals surface area contributed by atoms with Crippen LogP contribution in [0, 0.1) is 5.92 Å². The molecule has 6 heteroatoms. The number of anilines is 2. The van der Waals surface area contributed by atoms with Gasteiger partial charge in [-0.25, -0.2) is 9.78 Å². The molecule has 1 amide bonds. The van der Waals surface area contributed by atoms with E-state index in [2.05, 4.69) is 21.3 Å². The molecular weight excluding hydrogens is 292 g/mol. The average Bonchev–Trinajstić information content (AvgIpc) is 2.45. The van der Waals surface area contributed by atoms with Crippen LogP contribution >= 0.6 is 0 Å². The van der Waals surface area contributed by atoms with Crippen molar-refractivity contribution < 1.29 is 9.90 Å². The minimum absolute atomic E-state index is 0.396. The Morgan fingerprint density at radius 2 is 2.22 bits per heavy atom. The Balaban J connectivity index is 1.99. The molecule has 2 heterocycles. The van der Waals surface area contributed by atoms with Crippen LogP contribution in [-0.4, -0.2) is 48.9 Å². The molecule has 0 aromatic carbocycles. The standard InChI is InChI=1S/C17H28N4O2/c1-17(2,19-16(22)23)10-13-6-5-9-21(12-13)14-7-8-15(18-11-14)20(3)4/h7-8,11,13,19H,5-6,9-10,12H2,1-4H3,(H,22,23)/t13-/m0/s1. The van der Waals surface area contributed by atoms with Crippen LogP contribution in [0.25, 0.3) is 0 Å². The molecule has 0 saturated carbocycles. The predicted molar refractivity (Wildman–Crippen MR) is 93.4 cm³/mol. The molecule has 1 atom stereocenters. The Kier molecular flexibility index (Phi) is 5.34. The maximum atomic E-state index is 10.9. The minimum atomic E-state index is -0.953. The number of aromatic nitrogens is 1. The van der Waals surface area contributed by atoms with E-state index in [-0.39, 0.29) is 0 Å². The number of rotatable bonds is 5. The van der Waals surface area contributed by atoms with Crippen molar-refractivity contribution in [1.29, 1.82) is 0 Å². The first-order chi connectivity index (χ1) is 10.8. The molecule has 1 aliphatic rings. The van der Waals surface area contributed by atoms with Gasteiger partial charge in [-0.05, 0) is 51.2 Å². The van der Waals surface area contributed by atoms with E-state index in [0.29, 0.717) is 5.92 Å². The normalized spacial score (nSPS) is 18.6. The van der Waals surface area contributed by atoms with Gasteiger partial charge in [0.1, 0.15) is 5.82 Å². The number of amides is 1. The third-order valence-electron chi connectivity index (χ3n) is 4.32. The lowest BCUT2D eigenvalue weighted by atomic mass is 9.85. The number of carbonyl (C=O) groups is 1. The number of hydrogen-bond acceptors (Lipinski definition) is 4. The molecule has 0 radical (unpaired) electrons. The van der Waals surface area contributed by atoms with Crippen LogP contribution in [0.1, 0.15) is 33.1 Å². The van der Waals surface area contributed by atoms with Gasteiger partial charge in [-0.15, -0.1) is 0 Å². The molecule has 0 unspecified atom stereocenters. The Hall–Kier alpha value is -1.98. The van der Waals surface area contributed by atoms with Crippen molar-refractivity contribution in [2.24, 2.45) is 5.92 Å². The predicted octanol–water partition coefficient (Wildman–Crippen LogP) is 2.80. The van der Waals surface area contributed by atoms with Crippen LogP contribution in [0.3, 0.4) is 0 Å². The van der Waals surface area contributed by atoms with Crippen molar-refractivity contribution in [3.63, 3.8) is 0 Å². The van der Waals surface area contributed by atoms with Crippen molar-refractivity contribution in [2.75, 3.05) is 37.0 Å². The zero-order chi connectivity index (χ0) is 17.0. The molecule has 1 aromatic rings. The van der Waals surface area contributed by atoms with E-state index in [1.807, 2.05) is 45.1 Å². The molecule has 1 aliphatic heterocycles. The Bertz CT molecular complexity index is 528.